The number of amides is 1. The van der Waals surface area contributed by atoms with Gasteiger partial charge in [0.25, 0.3) is 5.91 Å². The molecule has 2 heterocycles. The van der Waals surface area contributed by atoms with Gasteiger partial charge in [-0.25, -0.2) is 0 Å². The standard InChI is InChI=1S/C15H24N2O3/c1-3-16(4-2)10-13-7-8-14(20-13)15(19)17-9-5-6-12(17)11-18/h7-8,12,18H,3-6,9-11H2,1-2H3/t12-/m1/s1. The summed E-state index contributed by atoms with van der Waals surface area (Å²) in [4.78, 5) is 16.3. The van der Waals surface area contributed by atoms with Crippen LogP contribution < -0.4 is 0 Å². The van der Waals surface area contributed by atoms with Gasteiger partial charge in [0, 0.05) is 6.54 Å². The van der Waals surface area contributed by atoms with Gasteiger partial charge in [-0.2, -0.15) is 0 Å². The van der Waals surface area contributed by atoms with E-state index in [0.29, 0.717) is 12.3 Å². The van der Waals surface area contributed by atoms with Crippen molar-refractivity contribution >= 4 is 5.91 Å². The van der Waals surface area contributed by atoms with E-state index in [1.54, 1.807) is 11.0 Å². The van der Waals surface area contributed by atoms with Crippen LogP contribution in [0, 0.1) is 0 Å². The third-order valence-corrected chi connectivity index (χ3v) is 4.00. The molecular formula is C15H24N2O3. The Bertz CT molecular complexity index is 440. The molecule has 0 radical (unpaired) electrons. The smallest absolute Gasteiger partial charge is 0.289 e. The van der Waals surface area contributed by atoms with Gasteiger partial charge in [0.05, 0.1) is 19.2 Å². The van der Waals surface area contributed by atoms with Crippen molar-refractivity contribution in [2.75, 3.05) is 26.2 Å². The minimum atomic E-state index is -0.104. The van der Waals surface area contributed by atoms with Gasteiger partial charge in [-0.15, -0.1) is 0 Å². The van der Waals surface area contributed by atoms with Crippen molar-refractivity contribution in [3.63, 3.8) is 0 Å². The zero-order chi connectivity index (χ0) is 14.5. The van der Waals surface area contributed by atoms with Crippen LogP contribution in [0.2, 0.25) is 0 Å². The molecule has 0 aromatic carbocycles. The molecule has 0 bridgehead atoms. The van der Waals surface area contributed by atoms with E-state index in [1.807, 2.05) is 6.07 Å². The number of likely N-dealkylation sites (tertiary alicyclic amines) is 1. The van der Waals surface area contributed by atoms with Crippen LogP contribution in [0.3, 0.4) is 0 Å². The van der Waals surface area contributed by atoms with Crippen molar-refractivity contribution in [3.8, 4) is 0 Å². The van der Waals surface area contributed by atoms with Gasteiger partial charge in [-0.1, -0.05) is 13.8 Å². The number of aliphatic hydroxyl groups is 1. The maximum absolute atomic E-state index is 12.4. The Hall–Kier alpha value is -1.33. The Labute approximate surface area is 120 Å². The van der Waals surface area contributed by atoms with E-state index in [0.717, 1.165) is 38.2 Å². The van der Waals surface area contributed by atoms with E-state index < -0.39 is 0 Å². The second-order valence-electron chi connectivity index (χ2n) is 5.20. The van der Waals surface area contributed by atoms with E-state index in [4.69, 9.17) is 4.42 Å². The molecule has 5 heteroatoms. The van der Waals surface area contributed by atoms with Crippen molar-refractivity contribution in [2.24, 2.45) is 0 Å². The van der Waals surface area contributed by atoms with E-state index in [2.05, 4.69) is 18.7 Å². The highest BCUT2D eigenvalue weighted by Crippen LogP contribution is 2.21. The fourth-order valence-corrected chi connectivity index (χ4v) is 2.68. The second kappa shape index (κ2) is 6.90. The minimum Gasteiger partial charge on any atom is -0.455 e. The number of nitrogens with zero attached hydrogens (tertiary/aromatic N) is 2. The summed E-state index contributed by atoms with van der Waals surface area (Å²) < 4.78 is 5.67. The molecule has 1 amide bonds. The molecule has 20 heavy (non-hydrogen) atoms. The van der Waals surface area contributed by atoms with Gasteiger partial charge < -0.3 is 14.4 Å². The van der Waals surface area contributed by atoms with E-state index in [9.17, 15) is 9.90 Å². The molecule has 0 spiro atoms. The topological polar surface area (TPSA) is 56.9 Å². The van der Waals surface area contributed by atoms with Crippen molar-refractivity contribution in [3.05, 3.63) is 23.7 Å². The summed E-state index contributed by atoms with van der Waals surface area (Å²) >= 11 is 0. The molecule has 1 fully saturated rings. The fourth-order valence-electron chi connectivity index (χ4n) is 2.68. The second-order valence-corrected chi connectivity index (χ2v) is 5.20. The maximum atomic E-state index is 12.4. The molecule has 1 aliphatic heterocycles. The molecule has 1 saturated heterocycles. The van der Waals surface area contributed by atoms with Crippen LogP contribution in [0.1, 0.15) is 43.0 Å². The molecule has 2 rings (SSSR count). The number of carbonyl (C=O) groups is 1. The number of furan rings is 1. The summed E-state index contributed by atoms with van der Waals surface area (Å²) in [6.07, 6.45) is 1.82. The van der Waals surface area contributed by atoms with Crippen molar-refractivity contribution in [1.29, 1.82) is 0 Å². The summed E-state index contributed by atoms with van der Waals surface area (Å²) in [7, 11) is 0. The summed E-state index contributed by atoms with van der Waals surface area (Å²) in [5.74, 6) is 1.09. The third-order valence-electron chi connectivity index (χ3n) is 4.00. The normalized spacial score (nSPS) is 19.0. The Morgan fingerprint density at radius 3 is 2.85 bits per heavy atom. The van der Waals surface area contributed by atoms with Crippen molar-refractivity contribution in [1.82, 2.24) is 9.80 Å². The lowest BCUT2D eigenvalue weighted by atomic mass is 10.2. The van der Waals surface area contributed by atoms with Gasteiger partial charge in [-0.05, 0) is 38.1 Å². The quantitative estimate of drug-likeness (QED) is 0.862. The lowest BCUT2D eigenvalue weighted by Crippen LogP contribution is -2.37. The van der Waals surface area contributed by atoms with Crippen LogP contribution in [0.15, 0.2) is 16.5 Å². The lowest BCUT2D eigenvalue weighted by molar-refractivity contribution is 0.0642. The summed E-state index contributed by atoms with van der Waals surface area (Å²) in [6, 6.07) is 3.56. The first-order chi connectivity index (χ1) is 9.69. The van der Waals surface area contributed by atoms with Gasteiger partial charge >= 0.3 is 0 Å². The zero-order valence-corrected chi connectivity index (χ0v) is 12.3. The average molecular weight is 280 g/mol. The molecule has 1 aliphatic rings. The van der Waals surface area contributed by atoms with Gasteiger partial charge in [0.2, 0.25) is 0 Å². The number of hydrogen-bond acceptors (Lipinski definition) is 4. The molecule has 1 atom stereocenters. The number of carbonyl (C=O) groups excluding carboxylic acids is 1. The fraction of sp³-hybridized carbons (Fsp3) is 0.667. The highest BCUT2D eigenvalue weighted by atomic mass is 16.4. The molecular weight excluding hydrogens is 256 g/mol. The van der Waals surface area contributed by atoms with Gasteiger partial charge in [-0.3, -0.25) is 9.69 Å². The van der Waals surface area contributed by atoms with E-state index in [1.165, 1.54) is 0 Å². The highest BCUT2D eigenvalue weighted by Gasteiger charge is 2.30. The van der Waals surface area contributed by atoms with Gasteiger partial charge in [0.15, 0.2) is 5.76 Å². The average Bonchev–Trinajstić information content (AvgIpc) is 3.12. The first-order valence-corrected chi connectivity index (χ1v) is 7.42. The predicted octanol–water partition coefficient (Wildman–Crippen LogP) is 1.72. The Morgan fingerprint density at radius 2 is 2.20 bits per heavy atom. The van der Waals surface area contributed by atoms with Crippen LogP contribution in [0.4, 0.5) is 0 Å². The highest BCUT2D eigenvalue weighted by molar-refractivity contribution is 5.92. The number of aliphatic hydroxyl groups excluding tert-OH is 1. The number of hydrogen-bond donors (Lipinski definition) is 1. The first kappa shape index (κ1) is 15.1. The zero-order valence-electron chi connectivity index (χ0n) is 12.3. The monoisotopic (exact) mass is 280 g/mol. The maximum Gasteiger partial charge on any atom is 0.289 e. The molecule has 5 nitrogen and oxygen atoms in total. The Kier molecular flexibility index (Phi) is 5.20. The van der Waals surface area contributed by atoms with E-state index >= 15 is 0 Å². The van der Waals surface area contributed by atoms with Crippen LogP contribution in [-0.2, 0) is 6.54 Å². The molecule has 112 valence electrons. The summed E-state index contributed by atoms with van der Waals surface area (Å²) in [5.41, 5.74) is 0. The molecule has 0 saturated carbocycles. The Morgan fingerprint density at radius 1 is 1.45 bits per heavy atom. The molecule has 1 aromatic rings. The molecule has 1 N–H and O–H groups in total. The SMILES string of the molecule is CCN(CC)Cc1ccc(C(=O)N2CCC[C@@H]2CO)o1. The lowest BCUT2D eigenvalue weighted by Gasteiger charge is -2.21. The molecule has 0 unspecified atom stereocenters. The largest absolute Gasteiger partial charge is 0.455 e. The predicted molar refractivity (Wildman–Crippen MR) is 76.5 cm³/mol. The third kappa shape index (κ3) is 3.22. The summed E-state index contributed by atoms with van der Waals surface area (Å²) in [5, 5.41) is 9.29. The van der Waals surface area contributed by atoms with Crippen LogP contribution in [0.25, 0.3) is 0 Å². The van der Waals surface area contributed by atoms with Crippen LogP contribution in [-0.4, -0.2) is 53.1 Å². The molecule has 1 aromatic heterocycles. The van der Waals surface area contributed by atoms with Crippen molar-refractivity contribution < 1.29 is 14.3 Å². The molecule has 0 aliphatic carbocycles. The van der Waals surface area contributed by atoms with Crippen molar-refractivity contribution in [2.45, 2.75) is 39.3 Å². The number of rotatable bonds is 6. The summed E-state index contributed by atoms with van der Waals surface area (Å²) in [6.45, 7) is 7.58. The minimum absolute atomic E-state index is 0.0265. The first-order valence-electron chi connectivity index (χ1n) is 7.42. The van der Waals surface area contributed by atoms with E-state index in [-0.39, 0.29) is 18.6 Å². The van der Waals surface area contributed by atoms with Crippen LogP contribution in [0.5, 0.6) is 0 Å². The van der Waals surface area contributed by atoms with Crippen LogP contribution >= 0.6 is 0 Å². The van der Waals surface area contributed by atoms with Gasteiger partial charge in [0.1, 0.15) is 5.76 Å². The Balaban J connectivity index is 2.02.